The Hall–Kier alpha value is -2.84. The number of rotatable bonds is 7. The first kappa shape index (κ1) is 26.8. The molecule has 1 aliphatic carbocycles. The molecule has 1 fully saturated rings. The SMILES string of the molecule is O=C(NC(CC1=CCCCC1)C1CCCN1)c1cc(Cl)cc2c1OCCC2.O=C(O)C=CC(=O)O. The van der Waals surface area contributed by atoms with Crippen molar-refractivity contribution in [2.75, 3.05) is 13.2 Å². The fraction of sp³-hybridized carbons (Fsp3) is 0.500. The first-order chi connectivity index (χ1) is 16.8. The largest absolute Gasteiger partial charge is 0.492 e. The molecule has 1 amide bonds. The van der Waals surface area contributed by atoms with Gasteiger partial charge in [-0.1, -0.05) is 23.3 Å². The molecule has 1 saturated heterocycles. The molecule has 9 heteroatoms. The molecular formula is C26H33ClN2O6. The quantitative estimate of drug-likeness (QED) is 0.325. The third-order valence-corrected chi connectivity index (χ3v) is 6.57. The van der Waals surface area contributed by atoms with Gasteiger partial charge in [-0.15, -0.1) is 0 Å². The molecule has 4 rings (SSSR count). The number of carboxylic acids is 2. The summed E-state index contributed by atoms with van der Waals surface area (Å²) in [5, 5.41) is 23.1. The number of fused-ring (bicyclic) bond motifs is 1. The summed E-state index contributed by atoms with van der Waals surface area (Å²) in [6, 6.07) is 4.13. The molecule has 1 aromatic carbocycles. The third-order valence-electron chi connectivity index (χ3n) is 6.35. The Labute approximate surface area is 210 Å². The summed E-state index contributed by atoms with van der Waals surface area (Å²) in [7, 11) is 0. The van der Waals surface area contributed by atoms with E-state index in [1.54, 1.807) is 6.07 Å². The van der Waals surface area contributed by atoms with Crippen LogP contribution in [0.4, 0.5) is 0 Å². The van der Waals surface area contributed by atoms with E-state index in [1.165, 1.54) is 31.3 Å². The molecule has 2 heterocycles. The zero-order valence-corrected chi connectivity index (χ0v) is 20.5. The average molecular weight is 505 g/mol. The Kier molecular flexibility index (Phi) is 10.2. The zero-order valence-electron chi connectivity index (χ0n) is 19.7. The van der Waals surface area contributed by atoms with Crippen LogP contribution in [0.5, 0.6) is 5.75 Å². The summed E-state index contributed by atoms with van der Waals surface area (Å²) < 4.78 is 5.84. The van der Waals surface area contributed by atoms with Gasteiger partial charge in [-0.25, -0.2) is 9.59 Å². The number of aryl methyl sites for hydroxylation is 1. The number of carbonyl (C=O) groups is 3. The highest BCUT2D eigenvalue weighted by atomic mass is 35.5. The molecule has 3 aliphatic rings. The molecule has 2 atom stereocenters. The minimum Gasteiger partial charge on any atom is -0.492 e. The maximum absolute atomic E-state index is 13.2. The molecule has 2 unspecified atom stereocenters. The Morgan fingerprint density at radius 3 is 2.51 bits per heavy atom. The van der Waals surface area contributed by atoms with E-state index in [2.05, 4.69) is 16.7 Å². The molecule has 0 bridgehead atoms. The van der Waals surface area contributed by atoms with E-state index in [0.717, 1.165) is 50.0 Å². The van der Waals surface area contributed by atoms with Crippen LogP contribution < -0.4 is 15.4 Å². The Morgan fingerprint density at radius 1 is 1.11 bits per heavy atom. The molecule has 0 radical (unpaired) electrons. The number of hydrogen-bond donors (Lipinski definition) is 4. The van der Waals surface area contributed by atoms with Crippen molar-refractivity contribution < 1.29 is 29.3 Å². The molecule has 0 spiro atoms. The van der Waals surface area contributed by atoms with Crippen molar-refractivity contribution in [1.29, 1.82) is 0 Å². The number of hydrogen-bond acceptors (Lipinski definition) is 5. The van der Waals surface area contributed by atoms with E-state index in [0.29, 0.717) is 35.4 Å². The van der Waals surface area contributed by atoms with E-state index in [1.807, 2.05) is 6.07 Å². The topological polar surface area (TPSA) is 125 Å². The van der Waals surface area contributed by atoms with Gasteiger partial charge in [-0.05, 0) is 82.0 Å². The van der Waals surface area contributed by atoms with Crippen LogP contribution in [0.15, 0.2) is 35.9 Å². The number of carbonyl (C=O) groups excluding carboxylic acids is 1. The number of carboxylic acid groups (broad SMARTS) is 2. The lowest BCUT2D eigenvalue weighted by atomic mass is 9.91. The van der Waals surface area contributed by atoms with Crippen molar-refractivity contribution in [3.63, 3.8) is 0 Å². The lowest BCUT2D eigenvalue weighted by Gasteiger charge is -2.28. The van der Waals surface area contributed by atoms with Crippen molar-refractivity contribution in [2.24, 2.45) is 0 Å². The van der Waals surface area contributed by atoms with Gasteiger partial charge in [0.15, 0.2) is 0 Å². The number of halogens is 1. The smallest absolute Gasteiger partial charge is 0.328 e. The van der Waals surface area contributed by atoms with Crippen LogP contribution in [0.1, 0.15) is 67.3 Å². The van der Waals surface area contributed by atoms with Gasteiger partial charge < -0.3 is 25.6 Å². The summed E-state index contributed by atoms with van der Waals surface area (Å²) in [6.45, 7) is 1.70. The third kappa shape index (κ3) is 8.40. The van der Waals surface area contributed by atoms with Gasteiger partial charge in [0.05, 0.1) is 12.2 Å². The van der Waals surface area contributed by atoms with Crippen molar-refractivity contribution in [2.45, 2.75) is 69.9 Å². The molecule has 190 valence electrons. The molecule has 0 saturated carbocycles. The van der Waals surface area contributed by atoms with Gasteiger partial charge in [0.25, 0.3) is 5.91 Å². The van der Waals surface area contributed by atoms with Crippen molar-refractivity contribution in [3.8, 4) is 5.75 Å². The number of amides is 1. The van der Waals surface area contributed by atoms with E-state index in [9.17, 15) is 14.4 Å². The van der Waals surface area contributed by atoms with Crippen LogP contribution in [0, 0.1) is 0 Å². The summed E-state index contributed by atoms with van der Waals surface area (Å²) in [5.74, 6) is -1.86. The van der Waals surface area contributed by atoms with Gasteiger partial charge in [-0.2, -0.15) is 0 Å². The monoisotopic (exact) mass is 504 g/mol. The van der Waals surface area contributed by atoms with Crippen LogP contribution >= 0.6 is 11.6 Å². The van der Waals surface area contributed by atoms with E-state index >= 15 is 0 Å². The van der Waals surface area contributed by atoms with Gasteiger partial charge >= 0.3 is 11.9 Å². The van der Waals surface area contributed by atoms with Gasteiger partial charge in [0.2, 0.25) is 0 Å². The molecule has 2 aliphatic heterocycles. The van der Waals surface area contributed by atoms with Crippen LogP contribution in [0.2, 0.25) is 5.02 Å². The second kappa shape index (κ2) is 13.3. The lowest BCUT2D eigenvalue weighted by Crippen LogP contribution is -2.47. The predicted octanol–water partition coefficient (Wildman–Crippen LogP) is 4.12. The second-order valence-electron chi connectivity index (χ2n) is 9.00. The number of benzene rings is 1. The van der Waals surface area contributed by atoms with Gasteiger partial charge in [-0.3, -0.25) is 4.79 Å². The standard InChI is InChI=1S/C22H29ClN2O2.C4H4O4/c23-17-13-16-8-5-11-27-21(16)18(14-17)22(26)25-20(19-9-4-10-24-19)12-15-6-2-1-3-7-15;5-3(6)1-2-4(7)8/h6,13-14,19-20,24H,1-5,7-12H2,(H,25,26);1-2H,(H,5,6)(H,7,8). The summed E-state index contributed by atoms with van der Waals surface area (Å²) >= 11 is 6.29. The Balaban J connectivity index is 0.000000371. The number of aliphatic carboxylic acids is 2. The normalized spacial score (nSPS) is 20.0. The van der Waals surface area contributed by atoms with Crippen LogP contribution in [-0.4, -0.2) is 53.3 Å². The van der Waals surface area contributed by atoms with Crippen LogP contribution in [0.25, 0.3) is 0 Å². The number of ether oxygens (including phenoxy) is 1. The van der Waals surface area contributed by atoms with Crippen molar-refractivity contribution in [1.82, 2.24) is 10.6 Å². The van der Waals surface area contributed by atoms with Gasteiger partial charge in [0, 0.05) is 29.3 Å². The highest BCUT2D eigenvalue weighted by Gasteiger charge is 2.29. The first-order valence-corrected chi connectivity index (χ1v) is 12.5. The maximum atomic E-state index is 13.2. The summed E-state index contributed by atoms with van der Waals surface area (Å²) in [6.07, 6.45) is 13.5. The second-order valence-corrected chi connectivity index (χ2v) is 9.43. The fourth-order valence-corrected chi connectivity index (χ4v) is 4.96. The highest BCUT2D eigenvalue weighted by molar-refractivity contribution is 6.31. The Bertz CT molecular complexity index is 968. The van der Waals surface area contributed by atoms with E-state index in [-0.39, 0.29) is 11.9 Å². The van der Waals surface area contributed by atoms with E-state index < -0.39 is 11.9 Å². The molecule has 8 nitrogen and oxygen atoms in total. The fourth-order valence-electron chi connectivity index (χ4n) is 4.72. The first-order valence-electron chi connectivity index (χ1n) is 12.1. The number of allylic oxidation sites excluding steroid dienone is 1. The minimum absolute atomic E-state index is 0.0641. The molecule has 4 N–H and O–H groups in total. The molecule has 0 aromatic heterocycles. The average Bonchev–Trinajstić information content (AvgIpc) is 3.38. The summed E-state index contributed by atoms with van der Waals surface area (Å²) in [5.41, 5.74) is 3.12. The number of nitrogens with one attached hydrogen (secondary N) is 2. The molecule has 35 heavy (non-hydrogen) atoms. The highest BCUT2D eigenvalue weighted by Crippen LogP contribution is 2.33. The Morgan fingerprint density at radius 2 is 1.89 bits per heavy atom. The molecular weight excluding hydrogens is 472 g/mol. The van der Waals surface area contributed by atoms with Crippen LogP contribution in [0.3, 0.4) is 0 Å². The lowest BCUT2D eigenvalue weighted by molar-refractivity contribution is -0.134. The minimum atomic E-state index is -1.26. The maximum Gasteiger partial charge on any atom is 0.328 e. The van der Waals surface area contributed by atoms with Crippen LogP contribution in [-0.2, 0) is 16.0 Å². The van der Waals surface area contributed by atoms with Crippen molar-refractivity contribution in [3.05, 3.63) is 52.1 Å². The van der Waals surface area contributed by atoms with E-state index in [4.69, 9.17) is 26.6 Å². The summed E-state index contributed by atoms with van der Waals surface area (Å²) in [4.78, 5) is 32.3. The van der Waals surface area contributed by atoms with Crippen molar-refractivity contribution >= 4 is 29.4 Å². The predicted molar refractivity (Wildman–Crippen MR) is 133 cm³/mol. The zero-order chi connectivity index (χ0) is 25.2. The van der Waals surface area contributed by atoms with Gasteiger partial charge in [0.1, 0.15) is 5.75 Å². The molecule has 1 aromatic rings.